The highest BCUT2D eigenvalue weighted by molar-refractivity contribution is 5.12. The number of rotatable bonds is 8. The van der Waals surface area contributed by atoms with E-state index in [4.69, 9.17) is 0 Å². The second-order valence-electron chi connectivity index (χ2n) is 3.11. The van der Waals surface area contributed by atoms with Crippen LogP contribution >= 0.6 is 0 Å². The lowest BCUT2D eigenvalue weighted by atomic mass is 10.3. The van der Waals surface area contributed by atoms with Gasteiger partial charge in [0.1, 0.15) is 0 Å². The van der Waals surface area contributed by atoms with Gasteiger partial charge in [-0.2, -0.15) is 0 Å². The van der Waals surface area contributed by atoms with E-state index in [9.17, 15) is 0 Å². The quantitative estimate of drug-likeness (QED) is 0.391. The zero-order valence-corrected chi connectivity index (χ0v) is 9.44. The van der Waals surface area contributed by atoms with E-state index in [2.05, 4.69) is 50.0 Å². The van der Waals surface area contributed by atoms with Crippen LogP contribution < -0.4 is 0 Å². The minimum atomic E-state index is 0.956. The van der Waals surface area contributed by atoms with Crippen LogP contribution in [0.15, 0.2) is 61.3 Å². The van der Waals surface area contributed by atoms with Crippen molar-refractivity contribution in [2.24, 2.45) is 0 Å². The van der Waals surface area contributed by atoms with Crippen molar-refractivity contribution >= 4 is 0 Å². The summed E-state index contributed by atoms with van der Waals surface area (Å²) in [5.41, 5.74) is 0. The summed E-state index contributed by atoms with van der Waals surface area (Å²) in [4.78, 5) is 0. The maximum atomic E-state index is 3.76. The lowest BCUT2D eigenvalue weighted by Gasteiger charge is -1.81. The van der Waals surface area contributed by atoms with E-state index >= 15 is 0 Å². The molecule has 0 aliphatic carbocycles. The van der Waals surface area contributed by atoms with Gasteiger partial charge in [0.05, 0.1) is 0 Å². The number of hydrogen-bond donors (Lipinski definition) is 0. The van der Waals surface area contributed by atoms with Gasteiger partial charge in [0.15, 0.2) is 0 Å². The molecule has 0 saturated heterocycles. The second kappa shape index (κ2) is 12.7. The molecule has 0 heterocycles. The molecule has 0 heteroatoms. The average molecular weight is 201 g/mol. The lowest BCUT2D eigenvalue weighted by Crippen LogP contribution is -1.60. The van der Waals surface area contributed by atoms with Crippen LogP contribution in [0.4, 0.5) is 0 Å². The van der Waals surface area contributed by atoms with Crippen molar-refractivity contribution < 1.29 is 0 Å². The molecule has 0 atom stereocenters. The predicted molar refractivity (Wildman–Crippen MR) is 70.6 cm³/mol. The van der Waals surface area contributed by atoms with Gasteiger partial charge in [-0.25, -0.2) is 0 Å². The second-order valence-corrected chi connectivity index (χ2v) is 3.11. The van der Waals surface area contributed by atoms with E-state index in [-0.39, 0.29) is 0 Å². The van der Waals surface area contributed by atoms with E-state index in [1.54, 1.807) is 0 Å². The minimum Gasteiger partial charge on any atom is -0.103 e. The lowest BCUT2D eigenvalue weighted by molar-refractivity contribution is 1.05. The van der Waals surface area contributed by atoms with Crippen LogP contribution in [0.2, 0.25) is 0 Å². The molecule has 0 spiro atoms. The van der Waals surface area contributed by atoms with Crippen molar-refractivity contribution in [3.63, 3.8) is 0 Å². The molecule has 0 N–H and O–H groups in total. The Morgan fingerprint density at radius 3 is 2.07 bits per heavy atom. The van der Waals surface area contributed by atoms with Crippen LogP contribution in [0.3, 0.4) is 0 Å². The maximum absolute atomic E-state index is 3.76. The SMILES string of the molecule is [CH2]CCC=CC=CC=CCC=CCC=C. The smallest absolute Gasteiger partial charge is 0.0166 e. The summed E-state index contributed by atoms with van der Waals surface area (Å²) >= 11 is 0. The van der Waals surface area contributed by atoms with Crippen LogP contribution in [0.5, 0.6) is 0 Å². The molecular weight excluding hydrogens is 180 g/mol. The standard InChI is InChI=1S/C15H21/c1-3-5-7-9-11-13-15-14-12-10-8-6-4-2/h3,7-10,12-15H,1-2,4-6,11H2. The van der Waals surface area contributed by atoms with E-state index in [0.29, 0.717) is 0 Å². The van der Waals surface area contributed by atoms with Crippen molar-refractivity contribution in [3.05, 3.63) is 68.2 Å². The topological polar surface area (TPSA) is 0 Å². The molecule has 0 saturated carbocycles. The Labute approximate surface area is 94.4 Å². The first-order valence-corrected chi connectivity index (χ1v) is 5.45. The number of allylic oxidation sites excluding steroid dienone is 9. The van der Waals surface area contributed by atoms with Crippen LogP contribution in [0.25, 0.3) is 0 Å². The van der Waals surface area contributed by atoms with Gasteiger partial charge in [-0.3, -0.25) is 0 Å². The van der Waals surface area contributed by atoms with E-state index < -0.39 is 0 Å². The van der Waals surface area contributed by atoms with Crippen molar-refractivity contribution in [3.8, 4) is 0 Å². The third-order valence-corrected chi connectivity index (χ3v) is 1.72. The molecule has 0 nitrogen and oxygen atoms in total. The molecule has 0 aliphatic rings. The molecule has 0 amide bonds. The first-order chi connectivity index (χ1) is 7.41. The Morgan fingerprint density at radius 1 is 0.733 bits per heavy atom. The third-order valence-electron chi connectivity index (χ3n) is 1.72. The molecular formula is C15H21. The molecule has 1 radical (unpaired) electrons. The van der Waals surface area contributed by atoms with Gasteiger partial charge in [-0.15, -0.1) is 6.58 Å². The van der Waals surface area contributed by atoms with Gasteiger partial charge in [0.25, 0.3) is 0 Å². The Morgan fingerprint density at radius 2 is 1.40 bits per heavy atom. The highest BCUT2D eigenvalue weighted by atomic mass is 13.8. The third kappa shape index (κ3) is 12.7. The zero-order chi connectivity index (χ0) is 11.2. The van der Waals surface area contributed by atoms with Crippen molar-refractivity contribution in [2.75, 3.05) is 0 Å². The molecule has 81 valence electrons. The van der Waals surface area contributed by atoms with E-state index in [1.165, 1.54) is 0 Å². The Hall–Kier alpha value is -1.30. The summed E-state index contributed by atoms with van der Waals surface area (Å²) in [6.07, 6.45) is 22.6. The van der Waals surface area contributed by atoms with Crippen LogP contribution in [0, 0.1) is 6.92 Å². The fourth-order valence-electron chi connectivity index (χ4n) is 0.945. The predicted octanol–water partition coefficient (Wildman–Crippen LogP) is 4.79. The van der Waals surface area contributed by atoms with Crippen LogP contribution in [-0.2, 0) is 0 Å². The van der Waals surface area contributed by atoms with E-state index in [1.807, 2.05) is 18.2 Å². The normalized spacial score (nSPS) is 12.6. The fourth-order valence-corrected chi connectivity index (χ4v) is 0.945. The summed E-state index contributed by atoms with van der Waals surface area (Å²) in [5.74, 6) is 0. The molecule has 0 rings (SSSR count). The first kappa shape index (κ1) is 13.7. The summed E-state index contributed by atoms with van der Waals surface area (Å²) in [5, 5.41) is 0. The molecule has 0 aliphatic heterocycles. The number of unbranched alkanes of at least 4 members (excludes halogenated alkanes) is 1. The summed E-state index contributed by atoms with van der Waals surface area (Å²) in [6, 6.07) is 0. The Bertz CT molecular complexity index is 239. The van der Waals surface area contributed by atoms with Crippen LogP contribution in [0.1, 0.15) is 25.7 Å². The van der Waals surface area contributed by atoms with Gasteiger partial charge >= 0.3 is 0 Å². The van der Waals surface area contributed by atoms with Crippen LogP contribution in [-0.4, -0.2) is 0 Å². The largest absolute Gasteiger partial charge is 0.103 e. The van der Waals surface area contributed by atoms with Gasteiger partial charge in [0.2, 0.25) is 0 Å². The molecule has 0 fully saturated rings. The summed E-state index contributed by atoms with van der Waals surface area (Å²) < 4.78 is 0. The summed E-state index contributed by atoms with van der Waals surface area (Å²) in [7, 11) is 0. The minimum absolute atomic E-state index is 0.956. The van der Waals surface area contributed by atoms with Gasteiger partial charge in [-0.05, 0) is 25.7 Å². The molecule has 0 unspecified atom stereocenters. The maximum Gasteiger partial charge on any atom is -0.0166 e. The summed E-state index contributed by atoms with van der Waals surface area (Å²) in [6.45, 7) is 7.42. The zero-order valence-electron chi connectivity index (χ0n) is 9.44. The molecule has 0 aromatic rings. The first-order valence-electron chi connectivity index (χ1n) is 5.45. The highest BCUT2D eigenvalue weighted by Crippen LogP contribution is 1.91. The molecule has 0 bridgehead atoms. The Kier molecular flexibility index (Phi) is 11.6. The van der Waals surface area contributed by atoms with Gasteiger partial charge in [0, 0.05) is 0 Å². The molecule has 15 heavy (non-hydrogen) atoms. The van der Waals surface area contributed by atoms with E-state index in [0.717, 1.165) is 25.7 Å². The van der Waals surface area contributed by atoms with Crippen molar-refractivity contribution in [1.82, 2.24) is 0 Å². The Balaban J connectivity index is 3.48. The number of hydrogen-bond acceptors (Lipinski definition) is 0. The monoisotopic (exact) mass is 201 g/mol. The van der Waals surface area contributed by atoms with Gasteiger partial charge < -0.3 is 0 Å². The molecule has 0 aromatic carbocycles. The highest BCUT2D eigenvalue weighted by Gasteiger charge is 1.70. The fraction of sp³-hybridized carbons (Fsp3) is 0.267. The van der Waals surface area contributed by atoms with Crippen molar-refractivity contribution in [2.45, 2.75) is 25.7 Å². The molecule has 0 aromatic heterocycles. The van der Waals surface area contributed by atoms with Crippen molar-refractivity contribution in [1.29, 1.82) is 0 Å². The average Bonchev–Trinajstić information content (AvgIpc) is 2.26. The van der Waals surface area contributed by atoms with Gasteiger partial charge in [-0.1, -0.05) is 61.6 Å².